The Morgan fingerprint density at radius 1 is 0.933 bits per heavy atom. The lowest BCUT2D eigenvalue weighted by Gasteiger charge is -2.07. The molecule has 0 spiro atoms. The van der Waals surface area contributed by atoms with Crippen LogP contribution in [0.4, 0.5) is 12.9 Å². The van der Waals surface area contributed by atoms with Crippen LogP contribution >= 0.6 is 34.8 Å². The second-order valence-corrected chi connectivity index (χ2v) is 3.99. The van der Waals surface area contributed by atoms with Crippen LogP contribution in [0.1, 0.15) is 5.56 Å². The zero-order chi connectivity index (χ0) is 11.6. The molecule has 7 heteroatoms. The Labute approximate surface area is 99.7 Å². The van der Waals surface area contributed by atoms with E-state index in [4.69, 9.17) is 34.8 Å². The van der Waals surface area contributed by atoms with Gasteiger partial charge in [-0.2, -0.15) is 0 Å². The second kappa shape index (κ2) is 4.68. The van der Waals surface area contributed by atoms with Gasteiger partial charge in [0.15, 0.2) is 0 Å². The van der Waals surface area contributed by atoms with Crippen molar-refractivity contribution in [2.24, 2.45) is 0 Å². The summed E-state index contributed by atoms with van der Waals surface area (Å²) in [6.45, 7) is -4.98. The van der Waals surface area contributed by atoms with Gasteiger partial charge < -0.3 is 12.9 Å². The van der Waals surface area contributed by atoms with Crippen LogP contribution in [0.25, 0.3) is 6.08 Å². The Morgan fingerprint density at radius 2 is 1.47 bits per heavy atom. The summed E-state index contributed by atoms with van der Waals surface area (Å²) in [5, 5.41) is 0.493. The standard InChI is InChI=1S/C8H4BCl3F3/c10-6-4-8(12)7(11)3-5(6)1-2-9(13,14)15/h1-4H/q-1/b2-1+. The highest BCUT2D eigenvalue weighted by molar-refractivity contribution is 6.65. The van der Waals surface area contributed by atoms with Crippen LogP contribution in [0, 0.1) is 0 Å². The Hall–Kier alpha value is -0.315. The zero-order valence-corrected chi connectivity index (χ0v) is 9.42. The molecule has 0 saturated heterocycles. The van der Waals surface area contributed by atoms with Crippen molar-refractivity contribution in [2.75, 3.05) is 0 Å². The van der Waals surface area contributed by atoms with E-state index in [-0.39, 0.29) is 26.6 Å². The zero-order valence-electron chi connectivity index (χ0n) is 7.15. The van der Waals surface area contributed by atoms with Crippen LogP contribution in [0.5, 0.6) is 0 Å². The summed E-state index contributed by atoms with van der Waals surface area (Å²) in [6, 6.07) is 2.58. The molecule has 0 aliphatic carbocycles. The summed E-state index contributed by atoms with van der Waals surface area (Å²) in [7, 11) is 0. The monoisotopic (exact) mass is 273 g/mol. The van der Waals surface area contributed by atoms with Gasteiger partial charge in [-0.25, -0.2) is 0 Å². The average Bonchev–Trinajstić information content (AvgIpc) is 2.07. The predicted octanol–water partition coefficient (Wildman–Crippen LogP) is 5.05. The van der Waals surface area contributed by atoms with Gasteiger partial charge in [0.05, 0.1) is 10.0 Å². The molecule has 0 atom stereocenters. The van der Waals surface area contributed by atoms with Gasteiger partial charge in [-0.15, -0.1) is 5.98 Å². The molecular weight excluding hydrogens is 270 g/mol. The highest BCUT2D eigenvalue weighted by atomic mass is 35.5. The van der Waals surface area contributed by atoms with Crippen LogP contribution in [0.15, 0.2) is 18.1 Å². The van der Waals surface area contributed by atoms with E-state index in [1.807, 2.05) is 0 Å². The molecule has 0 heterocycles. The van der Waals surface area contributed by atoms with Crippen molar-refractivity contribution in [1.29, 1.82) is 0 Å². The second-order valence-electron chi connectivity index (χ2n) is 2.77. The molecule has 1 rings (SSSR count). The number of hydrogen-bond acceptors (Lipinski definition) is 0. The normalized spacial score (nSPS) is 12.4. The highest BCUT2D eigenvalue weighted by Gasteiger charge is 2.17. The summed E-state index contributed by atoms with van der Waals surface area (Å²) in [6.07, 6.45) is 0.866. The Morgan fingerprint density at radius 3 is 2.00 bits per heavy atom. The lowest BCUT2D eigenvalue weighted by molar-refractivity contribution is 0.499. The van der Waals surface area contributed by atoms with Crippen molar-refractivity contribution >= 4 is 47.9 Å². The average molecular weight is 274 g/mol. The van der Waals surface area contributed by atoms with Gasteiger partial charge in [0.1, 0.15) is 0 Å². The molecule has 0 unspecified atom stereocenters. The first-order valence-electron chi connectivity index (χ1n) is 3.83. The van der Waals surface area contributed by atoms with Gasteiger partial charge in [0.2, 0.25) is 0 Å². The fourth-order valence-electron chi connectivity index (χ4n) is 0.878. The first-order valence-corrected chi connectivity index (χ1v) is 4.97. The van der Waals surface area contributed by atoms with Gasteiger partial charge in [0, 0.05) is 5.02 Å². The molecular formula is C8H4BCl3F3-. The number of hydrogen-bond donors (Lipinski definition) is 0. The number of rotatable bonds is 2. The van der Waals surface area contributed by atoms with Crippen LogP contribution in [-0.4, -0.2) is 6.98 Å². The third kappa shape index (κ3) is 3.97. The van der Waals surface area contributed by atoms with Crippen molar-refractivity contribution in [3.05, 3.63) is 38.7 Å². The number of benzene rings is 1. The van der Waals surface area contributed by atoms with Gasteiger partial charge in [-0.1, -0.05) is 40.9 Å². The summed E-state index contributed by atoms with van der Waals surface area (Å²) in [5.74, 6) is 0.144. The van der Waals surface area contributed by atoms with Crippen molar-refractivity contribution in [3.63, 3.8) is 0 Å². The largest absolute Gasteiger partial charge is 0.502 e. The van der Waals surface area contributed by atoms with Gasteiger partial charge >= 0.3 is 6.98 Å². The van der Waals surface area contributed by atoms with Crippen LogP contribution in [0.2, 0.25) is 15.1 Å². The minimum absolute atomic E-state index is 0.126. The maximum Gasteiger partial charge on any atom is 0.502 e. The SMILES string of the molecule is F[B-](F)(F)/C=C/c1cc(Cl)c(Cl)cc1Cl. The van der Waals surface area contributed by atoms with Gasteiger partial charge in [-0.3, -0.25) is 0 Å². The lowest BCUT2D eigenvalue weighted by atomic mass is 9.90. The van der Waals surface area contributed by atoms with Crippen molar-refractivity contribution in [1.82, 2.24) is 0 Å². The van der Waals surface area contributed by atoms with E-state index in [1.54, 1.807) is 0 Å². The van der Waals surface area contributed by atoms with Crippen molar-refractivity contribution < 1.29 is 12.9 Å². The van der Waals surface area contributed by atoms with E-state index < -0.39 is 6.98 Å². The van der Waals surface area contributed by atoms with Gasteiger partial charge in [0.25, 0.3) is 0 Å². The minimum atomic E-state index is -4.98. The molecule has 0 aromatic heterocycles. The Balaban J connectivity index is 3.06. The van der Waals surface area contributed by atoms with E-state index in [0.29, 0.717) is 0 Å². The van der Waals surface area contributed by atoms with E-state index in [2.05, 4.69) is 0 Å². The topological polar surface area (TPSA) is 0 Å². The number of halogens is 6. The molecule has 0 amide bonds. The maximum absolute atomic E-state index is 11.9. The molecule has 0 aliphatic rings. The fourth-order valence-corrected chi connectivity index (χ4v) is 1.50. The maximum atomic E-state index is 11.9. The molecule has 0 fully saturated rings. The quantitative estimate of drug-likeness (QED) is 0.523. The third-order valence-electron chi connectivity index (χ3n) is 1.53. The van der Waals surface area contributed by atoms with E-state index in [1.165, 1.54) is 12.1 Å². The molecule has 82 valence electrons. The van der Waals surface area contributed by atoms with Gasteiger partial charge in [-0.05, 0) is 17.7 Å². The first-order chi connectivity index (χ1) is 6.79. The smallest absolute Gasteiger partial charge is 0.445 e. The molecule has 15 heavy (non-hydrogen) atoms. The summed E-state index contributed by atoms with van der Waals surface area (Å²) >= 11 is 16.9. The highest BCUT2D eigenvalue weighted by Crippen LogP contribution is 2.30. The molecule has 0 saturated carbocycles. The van der Waals surface area contributed by atoms with E-state index in [0.717, 1.165) is 6.08 Å². The van der Waals surface area contributed by atoms with Crippen LogP contribution in [0.3, 0.4) is 0 Å². The first kappa shape index (κ1) is 12.8. The third-order valence-corrected chi connectivity index (χ3v) is 2.58. The summed E-state index contributed by atoms with van der Waals surface area (Å²) < 4.78 is 35.8. The molecule has 0 N–H and O–H groups in total. The van der Waals surface area contributed by atoms with Crippen LogP contribution < -0.4 is 0 Å². The molecule has 1 aromatic carbocycles. The molecule has 0 bridgehead atoms. The Bertz CT molecular complexity index is 401. The Kier molecular flexibility index (Phi) is 3.98. The van der Waals surface area contributed by atoms with E-state index >= 15 is 0 Å². The minimum Gasteiger partial charge on any atom is -0.445 e. The molecule has 1 aromatic rings. The lowest BCUT2D eigenvalue weighted by Crippen LogP contribution is -2.09. The van der Waals surface area contributed by atoms with Crippen molar-refractivity contribution in [3.8, 4) is 0 Å². The van der Waals surface area contributed by atoms with Crippen molar-refractivity contribution in [2.45, 2.75) is 0 Å². The molecule has 0 aliphatic heterocycles. The summed E-state index contributed by atoms with van der Waals surface area (Å²) in [5.41, 5.74) is 0.185. The molecule has 0 nitrogen and oxygen atoms in total. The predicted molar refractivity (Wildman–Crippen MR) is 59.6 cm³/mol. The fraction of sp³-hybridized carbons (Fsp3) is 0. The van der Waals surface area contributed by atoms with Crippen LogP contribution in [-0.2, 0) is 0 Å². The van der Waals surface area contributed by atoms with E-state index in [9.17, 15) is 12.9 Å². The molecule has 0 radical (unpaired) electrons. The summed E-state index contributed by atoms with van der Waals surface area (Å²) in [4.78, 5) is 0.